The van der Waals surface area contributed by atoms with Gasteiger partial charge in [0.15, 0.2) is 5.82 Å². The lowest BCUT2D eigenvalue weighted by Crippen LogP contribution is -2.21. The zero-order chi connectivity index (χ0) is 13.0. The Hall–Kier alpha value is -1.74. The quantitative estimate of drug-likeness (QED) is 0.798. The largest absolute Gasteiger partial charge is 0.383 e. The predicted molar refractivity (Wildman–Crippen MR) is 68.9 cm³/mol. The summed E-state index contributed by atoms with van der Waals surface area (Å²) < 4.78 is 1.69. The number of anilines is 2. The van der Waals surface area contributed by atoms with Crippen molar-refractivity contribution in [3.63, 3.8) is 0 Å². The fourth-order valence-corrected chi connectivity index (χ4v) is 1.45. The molecule has 6 heteroatoms. The summed E-state index contributed by atoms with van der Waals surface area (Å²) in [5, 5.41) is 13.5. The molecule has 0 aliphatic carbocycles. The SMILES string of the molecule is CCN(C)c1nn(CCN(C)C)c(N)c1C#N. The molecule has 2 N–H and O–H groups in total. The monoisotopic (exact) mass is 236 g/mol. The summed E-state index contributed by atoms with van der Waals surface area (Å²) in [5.74, 6) is 1.11. The van der Waals surface area contributed by atoms with Crippen molar-refractivity contribution in [2.45, 2.75) is 13.5 Å². The molecule has 17 heavy (non-hydrogen) atoms. The van der Waals surface area contributed by atoms with Gasteiger partial charge < -0.3 is 15.5 Å². The number of hydrogen-bond acceptors (Lipinski definition) is 5. The summed E-state index contributed by atoms with van der Waals surface area (Å²) in [4.78, 5) is 3.97. The fraction of sp³-hybridized carbons (Fsp3) is 0.636. The molecule has 0 bridgehead atoms. The van der Waals surface area contributed by atoms with Crippen molar-refractivity contribution < 1.29 is 0 Å². The highest BCUT2D eigenvalue weighted by Gasteiger charge is 2.17. The Morgan fingerprint density at radius 1 is 1.41 bits per heavy atom. The van der Waals surface area contributed by atoms with Gasteiger partial charge in [-0.3, -0.25) is 0 Å². The fourth-order valence-electron chi connectivity index (χ4n) is 1.45. The van der Waals surface area contributed by atoms with Gasteiger partial charge in [-0.25, -0.2) is 4.68 Å². The molecule has 0 unspecified atom stereocenters. The maximum atomic E-state index is 9.11. The van der Waals surface area contributed by atoms with Crippen LogP contribution in [0.25, 0.3) is 0 Å². The Morgan fingerprint density at radius 3 is 2.53 bits per heavy atom. The summed E-state index contributed by atoms with van der Waals surface area (Å²) >= 11 is 0. The molecule has 1 heterocycles. The van der Waals surface area contributed by atoms with E-state index in [0.717, 1.165) is 13.1 Å². The van der Waals surface area contributed by atoms with Crippen LogP contribution in [0.3, 0.4) is 0 Å². The Morgan fingerprint density at radius 2 is 2.06 bits per heavy atom. The Labute approximate surface area is 102 Å². The van der Waals surface area contributed by atoms with Gasteiger partial charge in [-0.2, -0.15) is 10.4 Å². The second-order valence-electron chi connectivity index (χ2n) is 4.24. The van der Waals surface area contributed by atoms with Crippen molar-refractivity contribution in [2.75, 3.05) is 44.9 Å². The van der Waals surface area contributed by atoms with Crippen molar-refractivity contribution in [3.8, 4) is 6.07 Å². The summed E-state index contributed by atoms with van der Waals surface area (Å²) in [6, 6.07) is 2.12. The van der Waals surface area contributed by atoms with E-state index in [1.165, 1.54) is 0 Å². The maximum Gasteiger partial charge on any atom is 0.170 e. The van der Waals surface area contributed by atoms with Gasteiger partial charge in [-0.15, -0.1) is 0 Å². The number of likely N-dealkylation sites (N-methyl/N-ethyl adjacent to an activating group) is 1. The standard InChI is InChI=1S/C11H20N6/c1-5-16(4)11-9(8-12)10(13)17(14-11)7-6-15(2)3/h5-7,13H2,1-4H3. The van der Waals surface area contributed by atoms with Crippen LogP contribution in [-0.4, -0.2) is 48.9 Å². The number of nitrogens with zero attached hydrogens (tertiary/aromatic N) is 5. The van der Waals surface area contributed by atoms with Crippen molar-refractivity contribution in [3.05, 3.63) is 5.56 Å². The van der Waals surface area contributed by atoms with Gasteiger partial charge in [0.2, 0.25) is 0 Å². The Bertz CT molecular complexity index is 414. The smallest absolute Gasteiger partial charge is 0.170 e. The van der Waals surface area contributed by atoms with E-state index in [9.17, 15) is 0 Å². The molecular weight excluding hydrogens is 216 g/mol. The van der Waals surface area contributed by atoms with Crippen LogP contribution in [0.2, 0.25) is 0 Å². The molecule has 94 valence electrons. The van der Waals surface area contributed by atoms with Crippen LogP contribution in [0.15, 0.2) is 0 Å². The first-order chi connectivity index (χ1) is 8.01. The summed E-state index contributed by atoms with van der Waals surface area (Å²) in [7, 11) is 5.88. The Balaban J connectivity index is 3.01. The number of hydrogen-bond donors (Lipinski definition) is 1. The van der Waals surface area contributed by atoms with Gasteiger partial charge in [-0.1, -0.05) is 0 Å². The second-order valence-corrected chi connectivity index (χ2v) is 4.24. The molecule has 0 aliphatic heterocycles. The van der Waals surface area contributed by atoms with Gasteiger partial charge >= 0.3 is 0 Å². The van der Waals surface area contributed by atoms with E-state index < -0.39 is 0 Å². The number of aromatic nitrogens is 2. The van der Waals surface area contributed by atoms with Crippen molar-refractivity contribution in [1.29, 1.82) is 5.26 Å². The summed E-state index contributed by atoms with van der Waals surface area (Å²) in [6.07, 6.45) is 0. The van der Waals surface area contributed by atoms with Crippen LogP contribution in [-0.2, 0) is 6.54 Å². The topological polar surface area (TPSA) is 74.1 Å². The molecule has 0 spiro atoms. The molecule has 0 aromatic carbocycles. The van der Waals surface area contributed by atoms with Crippen molar-refractivity contribution >= 4 is 11.6 Å². The van der Waals surface area contributed by atoms with E-state index in [1.54, 1.807) is 4.68 Å². The van der Waals surface area contributed by atoms with Crippen LogP contribution in [0.5, 0.6) is 0 Å². The van der Waals surface area contributed by atoms with Crippen LogP contribution < -0.4 is 10.6 Å². The molecule has 0 radical (unpaired) electrons. The molecule has 1 aromatic rings. The molecule has 0 atom stereocenters. The number of nitrogens with two attached hydrogens (primary N) is 1. The molecule has 1 rings (SSSR count). The average molecular weight is 236 g/mol. The van der Waals surface area contributed by atoms with Gasteiger partial charge in [0.1, 0.15) is 17.5 Å². The zero-order valence-electron chi connectivity index (χ0n) is 10.9. The first kappa shape index (κ1) is 13.3. The Kier molecular flexibility index (Phi) is 4.35. The normalized spacial score (nSPS) is 10.6. The minimum Gasteiger partial charge on any atom is -0.383 e. The van der Waals surface area contributed by atoms with Crippen molar-refractivity contribution in [1.82, 2.24) is 14.7 Å². The zero-order valence-corrected chi connectivity index (χ0v) is 10.9. The van der Waals surface area contributed by atoms with Gasteiger partial charge in [-0.05, 0) is 21.0 Å². The number of rotatable bonds is 5. The molecule has 0 saturated heterocycles. The van der Waals surface area contributed by atoms with Gasteiger partial charge in [0.05, 0.1) is 6.54 Å². The first-order valence-electron chi connectivity index (χ1n) is 5.63. The van der Waals surface area contributed by atoms with E-state index in [4.69, 9.17) is 11.0 Å². The second kappa shape index (κ2) is 5.55. The molecule has 0 amide bonds. The predicted octanol–water partition coefficient (Wildman–Crippen LogP) is 0.355. The van der Waals surface area contributed by atoms with E-state index >= 15 is 0 Å². The summed E-state index contributed by atoms with van der Waals surface area (Å²) in [5.41, 5.74) is 6.39. The first-order valence-corrected chi connectivity index (χ1v) is 5.63. The highest BCUT2D eigenvalue weighted by atomic mass is 15.4. The molecule has 6 nitrogen and oxygen atoms in total. The van der Waals surface area contributed by atoms with E-state index in [2.05, 4.69) is 16.1 Å². The molecular formula is C11H20N6. The van der Waals surface area contributed by atoms with Gasteiger partial charge in [0, 0.05) is 20.1 Å². The molecule has 0 fully saturated rings. The van der Waals surface area contributed by atoms with Crippen molar-refractivity contribution in [2.24, 2.45) is 0 Å². The molecule has 1 aromatic heterocycles. The highest BCUT2D eigenvalue weighted by Crippen LogP contribution is 2.23. The summed E-state index contributed by atoms with van der Waals surface area (Å²) in [6.45, 7) is 4.33. The van der Waals surface area contributed by atoms with E-state index in [-0.39, 0.29) is 0 Å². The minimum absolute atomic E-state index is 0.449. The average Bonchev–Trinajstić information content (AvgIpc) is 2.62. The van der Waals surface area contributed by atoms with E-state index in [1.807, 2.05) is 33.0 Å². The van der Waals surface area contributed by atoms with Crippen LogP contribution in [0.4, 0.5) is 11.6 Å². The lowest BCUT2D eigenvalue weighted by molar-refractivity contribution is 0.375. The maximum absolute atomic E-state index is 9.11. The lowest BCUT2D eigenvalue weighted by Gasteiger charge is -2.13. The number of nitrogen functional groups attached to an aromatic ring is 1. The van der Waals surface area contributed by atoms with E-state index in [0.29, 0.717) is 23.7 Å². The van der Waals surface area contributed by atoms with Crippen LogP contribution >= 0.6 is 0 Å². The molecule has 0 saturated carbocycles. The third kappa shape index (κ3) is 2.88. The highest BCUT2D eigenvalue weighted by molar-refractivity contribution is 5.64. The molecule has 0 aliphatic rings. The minimum atomic E-state index is 0.449. The third-order valence-electron chi connectivity index (χ3n) is 2.68. The number of nitriles is 1. The third-order valence-corrected chi connectivity index (χ3v) is 2.68. The van der Waals surface area contributed by atoms with Gasteiger partial charge in [0.25, 0.3) is 0 Å². The van der Waals surface area contributed by atoms with Crippen LogP contribution in [0.1, 0.15) is 12.5 Å². The van der Waals surface area contributed by atoms with Crippen LogP contribution in [0, 0.1) is 11.3 Å². The lowest BCUT2D eigenvalue weighted by atomic mass is 10.3.